The minimum Gasteiger partial charge on any atom is -0.392 e. The number of hydrogen-bond donors (Lipinski definition) is 1. The van der Waals surface area contributed by atoms with Crippen LogP contribution in [0.2, 0.25) is 0 Å². The van der Waals surface area contributed by atoms with E-state index in [0.717, 1.165) is 31.7 Å². The summed E-state index contributed by atoms with van der Waals surface area (Å²) in [4.78, 5) is 14.3. The lowest BCUT2D eigenvalue weighted by atomic mass is 10.1. The summed E-state index contributed by atoms with van der Waals surface area (Å²) in [5.74, 6) is -1.99. The van der Waals surface area contributed by atoms with Crippen molar-refractivity contribution in [2.45, 2.75) is 38.6 Å². The van der Waals surface area contributed by atoms with E-state index in [1.807, 2.05) is 0 Å². The molecular formula is C15H18F2N2OS. The predicted molar refractivity (Wildman–Crippen MR) is 81.2 cm³/mol. The van der Waals surface area contributed by atoms with Gasteiger partial charge in [-0.05, 0) is 31.4 Å². The summed E-state index contributed by atoms with van der Waals surface area (Å²) in [6, 6.07) is 2.01. The summed E-state index contributed by atoms with van der Waals surface area (Å²) in [6.07, 6.45) is 3.76. The average Bonchev–Trinajstić information content (AvgIpc) is 2.93. The predicted octanol–water partition coefficient (Wildman–Crippen LogP) is 2.94. The van der Waals surface area contributed by atoms with Crippen LogP contribution in [0.1, 0.15) is 41.6 Å². The Kier molecular flexibility index (Phi) is 4.88. The molecule has 114 valence electrons. The first kappa shape index (κ1) is 15.8. The molecule has 3 nitrogen and oxygen atoms in total. The van der Waals surface area contributed by atoms with Crippen molar-refractivity contribution in [1.29, 1.82) is 0 Å². The molecule has 0 radical (unpaired) electrons. The number of benzene rings is 1. The third-order valence-electron chi connectivity index (χ3n) is 3.83. The normalized spacial score (nSPS) is 15.2. The molecule has 1 fully saturated rings. The Balaban J connectivity index is 2.33. The number of nitrogens with zero attached hydrogens (tertiary/aromatic N) is 1. The quantitative estimate of drug-likeness (QED) is 0.870. The summed E-state index contributed by atoms with van der Waals surface area (Å²) < 4.78 is 27.2. The highest BCUT2D eigenvalue weighted by molar-refractivity contribution is 7.80. The van der Waals surface area contributed by atoms with E-state index in [2.05, 4.69) is 0 Å². The molecule has 1 aliphatic rings. The number of carbonyl (C=O) groups excluding carboxylic acids is 1. The van der Waals surface area contributed by atoms with Gasteiger partial charge in [0.1, 0.15) is 11.6 Å². The Bertz CT molecular complexity index is 571. The van der Waals surface area contributed by atoms with E-state index in [1.165, 1.54) is 17.9 Å². The van der Waals surface area contributed by atoms with Crippen LogP contribution in [0.3, 0.4) is 0 Å². The van der Waals surface area contributed by atoms with Crippen molar-refractivity contribution in [2.24, 2.45) is 5.73 Å². The third-order valence-corrected chi connectivity index (χ3v) is 3.96. The van der Waals surface area contributed by atoms with Crippen molar-refractivity contribution in [3.63, 3.8) is 0 Å². The van der Waals surface area contributed by atoms with Crippen LogP contribution in [-0.4, -0.2) is 28.4 Å². The second-order valence-corrected chi connectivity index (χ2v) is 5.94. The summed E-state index contributed by atoms with van der Waals surface area (Å²) in [5.41, 5.74) is 5.66. The van der Waals surface area contributed by atoms with Crippen molar-refractivity contribution < 1.29 is 13.6 Å². The molecule has 0 unspecified atom stereocenters. The lowest BCUT2D eigenvalue weighted by Crippen LogP contribution is -2.44. The first-order chi connectivity index (χ1) is 9.90. The third kappa shape index (κ3) is 3.56. The van der Waals surface area contributed by atoms with Gasteiger partial charge in [0.2, 0.25) is 0 Å². The lowest BCUT2D eigenvalue weighted by molar-refractivity contribution is 0.0709. The highest BCUT2D eigenvalue weighted by Gasteiger charge is 2.29. The highest BCUT2D eigenvalue weighted by Crippen LogP contribution is 2.26. The van der Waals surface area contributed by atoms with Crippen LogP contribution >= 0.6 is 12.2 Å². The molecule has 0 saturated heterocycles. The molecule has 0 aromatic heterocycles. The van der Waals surface area contributed by atoms with Gasteiger partial charge in [0.15, 0.2) is 0 Å². The second kappa shape index (κ2) is 6.47. The van der Waals surface area contributed by atoms with Crippen LogP contribution in [0.4, 0.5) is 8.78 Å². The Morgan fingerprint density at radius 2 is 1.95 bits per heavy atom. The number of amides is 1. The van der Waals surface area contributed by atoms with E-state index in [9.17, 15) is 13.6 Å². The maximum atomic E-state index is 13.9. The van der Waals surface area contributed by atoms with Gasteiger partial charge in [-0.2, -0.15) is 0 Å². The Hall–Kier alpha value is -1.56. The van der Waals surface area contributed by atoms with Crippen LogP contribution in [0.5, 0.6) is 0 Å². The molecule has 0 heterocycles. The monoisotopic (exact) mass is 312 g/mol. The summed E-state index contributed by atoms with van der Waals surface area (Å²) in [6.45, 7) is 1.62. The van der Waals surface area contributed by atoms with E-state index in [1.54, 1.807) is 0 Å². The minimum absolute atomic E-state index is 0.0174. The molecule has 0 bridgehead atoms. The summed E-state index contributed by atoms with van der Waals surface area (Å²) in [5, 5.41) is 0. The minimum atomic E-state index is -0.853. The number of thiocarbonyl (C=S) groups is 1. The maximum absolute atomic E-state index is 13.9. The van der Waals surface area contributed by atoms with E-state index in [-0.39, 0.29) is 28.7 Å². The van der Waals surface area contributed by atoms with E-state index >= 15 is 0 Å². The molecule has 6 heteroatoms. The zero-order chi connectivity index (χ0) is 15.6. The topological polar surface area (TPSA) is 46.3 Å². The van der Waals surface area contributed by atoms with Gasteiger partial charge >= 0.3 is 0 Å². The van der Waals surface area contributed by atoms with Crippen molar-refractivity contribution in [3.8, 4) is 0 Å². The number of aryl methyl sites for hydroxylation is 1. The second-order valence-electron chi connectivity index (χ2n) is 5.42. The number of carbonyl (C=O) groups is 1. The van der Waals surface area contributed by atoms with Gasteiger partial charge in [-0.1, -0.05) is 25.1 Å². The van der Waals surface area contributed by atoms with Crippen molar-refractivity contribution >= 4 is 23.1 Å². The largest absolute Gasteiger partial charge is 0.392 e. The standard InChI is InChI=1S/C15H18F2N2OS/c1-9-6-11(13(17)7-12(9)16)15(20)19(8-14(18)21)10-4-2-3-5-10/h6-7,10H,2-5,8H2,1H3,(H2,18,21). The Morgan fingerprint density at radius 3 is 2.52 bits per heavy atom. The number of nitrogens with two attached hydrogens (primary N) is 1. The molecule has 1 amide bonds. The van der Waals surface area contributed by atoms with Gasteiger partial charge in [0.05, 0.1) is 17.1 Å². The van der Waals surface area contributed by atoms with Crippen LogP contribution in [0.15, 0.2) is 12.1 Å². The molecule has 1 aromatic carbocycles. The zero-order valence-corrected chi connectivity index (χ0v) is 12.7. The maximum Gasteiger partial charge on any atom is 0.257 e. The van der Waals surface area contributed by atoms with Gasteiger partial charge in [0, 0.05) is 12.1 Å². The number of hydrogen-bond acceptors (Lipinski definition) is 2. The molecule has 1 aliphatic carbocycles. The van der Waals surface area contributed by atoms with Gasteiger partial charge in [-0.15, -0.1) is 0 Å². The van der Waals surface area contributed by atoms with E-state index < -0.39 is 17.5 Å². The average molecular weight is 312 g/mol. The SMILES string of the molecule is Cc1cc(C(=O)N(CC(N)=S)C2CCCC2)c(F)cc1F. The Morgan fingerprint density at radius 1 is 1.33 bits per heavy atom. The fourth-order valence-corrected chi connectivity index (χ4v) is 2.87. The molecule has 21 heavy (non-hydrogen) atoms. The zero-order valence-electron chi connectivity index (χ0n) is 11.9. The highest BCUT2D eigenvalue weighted by atomic mass is 32.1. The van der Waals surface area contributed by atoms with E-state index in [0.29, 0.717) is 0 Å². The smallest absolute Gasteiger partial charge is 0.257 e. The van der Waals surface area contributed by atoms with Gasteiger partial charge in [-0.25, -0.2) is 8.78 Å². The molecule has 0 aliphatic heterocycles. The number of halogens is 2. The van der Waals surface area contributed by atoms with Gasteiger partial charge < -0.3 is 10.6 Å². The summed E-state index contributed by atoms with van der Waals surface area (Å²) >= 11 is 4.89. The van der Waals surface area contributed by atoms with Crippen molar-refractivity contribution in [3.05, 3.63) is 34.9 Å². The van der Waals surface area contributed by atoms with Crippen LogP contribution in [0, 0.1) is 18.6 Å². The van der Waals surface area contributed by atoms with Crippen molar-refractivity contribution in [1.82, 2.24) is 4.90 Å². The van der Waals surface area contributed by atoms with Crippen LogP contribution < -0.4 is 5.73 Å². The molecule has 0 atom stereocenters. The molecule has 2 rings (SSSR count). The summed E-state index contributed by atoms with van der Waals surface area (Å²) in [7, 11) is 0. The van der Waals surface area contributed by atoms with Gasteiger partial charge in [-0.3, -0.25) is 4.79 Å². The van der Waals surface area contributed by atoms with Crippen LogP contribution in [0.25, 0.3) is 0 Å². The van der Waals surface area contributed by atoms with E-state index in [4.69, 9.17) is 18.0 Å². The Labute approximate surface area is 128 Å². The fourth-order valence-electron chi connectivity index (χ4n) is 2.73. The number of rotatable bonds is 4. The van der Waals surface area contributed by atoms with Crippen LogP contribution in [-0.2, 0) is 0 Å². The fraction of sp³-hybridized carbons (Fsp3) is 0.467. The molecule has 1 aromatic rings. The molecule has 0 spiro atoms. The van der Waals surface area contributed by atoms with Crippen molar-refractivity contribution in [2.75, 3.05) is 6.54 Å². The molecule has 1 saturated carbocycles. The molecular weight excluding hydrogens is 294 g/mol. The molecule has 2 N–H and O–H groups in total. The first-order valence-corrected chi connectivity index (χ1v) is 7.36. The lowest BCUT2D eigenvalue weighted by Gasteiger charge is -2.29. The van der Waals surface area contributed by atoms with Gasteiger partial charge in [0.25, 0.3) is 5.91 Å². The first-order valence-electron chi connectivity index (χ1n) is 6.95.